The van der Waals surface area contributed by atoms with Gasteiger partial charge in [0.25, 0.3) is 0 Å². The number of amides is 1. The number of hydrogen-bond donors (Lipinski definition) is 9. The van der Waals surface area contributed by atoms with Gasteiger partial charge in [-0.2, -0.15) is 0 Å². The summed E-state index contributed by atoms with van der Waals surface area (Å²) in [6, 6.07) is -0.390. The third kappa shape index (κ3) is 9.87. The Morgan fingerprint density at radius 1 is 0.977 bits per heavy atom. The Morgan fingerprint density at radius 3 is 2.19 bits per heavy atom. The summed E-state index contributed by atoms with van der Waals surface area (Å²) in [6.07, 6.45) is -11.5. The average Bonchev–Trinajstić information content (AvgIpc) is 2.92. The smallest absolute Gasteiger partial charge is 0.335 e. The van der Waals surface area contributed by atoms with Crippen LogP contribution in [0.1, 0.15) is 41.6 Å². The Kier molecular flexibility index (Phi) is 12.8. The van der Waals surface area contributed by atoms with E-state index >= 15 is 0 Å². The number of benzene rings is 1. The largest absolute Gasteiger partial charge is 0.481 e. The molecule has 1 saturated heterocycles. The fraction of sp³-hybridized carbons (Fsp3) is 0.520. The Morgan fingerprint density at radius 2 is 1.63 bits per heavy atom. The first-order chi connectivity index (χ1) is 20.0. The first-order valence-electron chi connectivity index (χ1n) is 12.7. The van der Waals surface area contributed by atoms with Gasteiger partial charge < -0.3 is 56.3 Å². The molecule has 18 heteroatoms. The van der Waals surface area contributed by atoms with Crippen LogP contribution in [0.2, 0.25) is 0 Å². The minimum Gasteiger partial charge on any atom is -0.481 e. The molecule has 0 aliphatic carbocycles. The zero-order valence-corrected chi connectivity index (χ0v) is 23.4. The number of nitrogens with one attached hydrogen (secondary N) is 1. The zero-order chi connectivity index (χ0) is 32.6. The molecular formula is C25H32N2O15S. The van der Waals surface area contributed by atoms with Crippen LogP contribution in [0, 0.1) is 6.92 Å². The minimum absolute atomic E-state index is 0.145. The Bertz CT molecular complexity index is 1240. The van der Waals surface area contributed by atoms with E-state index in [4.69, 9.17) is 25.4 Å². The van der Waals surface area contributed by atoms with E-state index in [0.717, 1.165) is 17.8 Å². The number of ketones is 1. The van der Waals surface area contributed by atoms with Crippen molar-refractivity contribution >= 4 is 47.3 Å². The normalized spacial score (nSPS) is 23.0. The van der Waals surface area contributed by atoms with E-state index in [1.54, 1.807) is 0 Å². The maximum Gasteiger partial charge on any atom is 0.335 e. The van der Waals surface area contributed by atoms with E-state index in [9.17, 15) is 54.3 Å². The molecule has 1 aliphatic heterocycles. The number of aliphatic carboxylic acids is 3. The van der Waals surface area contributed by atoms with Gasteiger partial charge in [0.15, 0.2) is 11.9 Å². The predicted molar refractivity (Wildman–Crippen MR) is 142 cm³/mol. The van der Waals surface area contributed by atoms with E-state index in [-0.39, 0.29) is 40.4 Å². The van der Waals surface area contributed by atoms with E-state index < -0.39 is 91.2 Å². The number of thioether (sulfide) groups is 1. The quantitative estimate of drug-likeness (QED) is 0.0905. The van der Waals surface area contributed by atoms with Crippen LogP contribution in [0.3, 0.4) is 0 Å². The van der Waals surface area contributed by atoms with Crippen LogP contribution in [0.15, 0.2) is 17.0 Å². The number of carboxylic acids is 4. The standard InChI is InChI=1S/C25H32N2O15S/c1-9-6-10(22(35)36)7-14(41-25-19(34)17(32)18(33)20(42-25)24(39)40)21(9)43-8-12(13(28)3-5-16(30)31)27-15(29)4-2-11(26)23(37)38/h6-7,11-12,17-20,25,32-34H,2-5,8,26H2,1H3,(H,27,29)(H,30,31)(H,35,36)(H,37,38)(H,39,40). The van der Waals surface area contributed by atoms with Crippen LogP contribution in [-0.4, -0.2) is 120 Å². The third-order valence-corrected chi connectivity index (χ3v) is 7.56. The molecule has 1 heterocycles. The Balaban J connectivity index is 2.36. The van der Waals surface area contributed by atoms with Gasteiger partial charge in [-0.3, -0.25) is 19.2 Å². The van der Waals surface area contributed by atoms with E-state index in [2.05, 4.69) is 5.32 Å². The van der Waals surface area contributed by atoms with E-state index in [1.807, 2.05) is 0 Å². The molecule has 0 radical (unpaired) electrons. The van der Waals surface area contributed by atoms with Gasteiger partial charge >= 0.3 is 23.9 Å². The van der Waals surface area contributed by atoms with Gasteiger partial charge in [0.2, 0.25) is 12.2 Å². The Labute approximate surface area is 247 Å². The lowest BCUT2D eigenvalue weighted by Crippen LogP contribution is -2.61. The van der Waals surface area contributed by atoms with Crippen molar-refractivity contribution in [2.24, 2.45) is 5.73 Å². The molecule has 0 saturated carbocycles. The van der Waals surface area contributed by atoms with Gasteiger partial charge in [-0.15, -0.1) is 11.8 Å². The lowest BCUT2D eigenvalue weighted by Gasteiger charge is -2.38. The summed E-state index contributed by atoms with van der Waals surface area (Å²) in [5, 5.41) is 69.5. The van der Waals surface area contributed by atoms with Gasteiger partial charge in [0, 0.05) is 18.6 Å². The number of aliphatic hydroxyl groups excluding tert-OH is 3. The van der Waals surface area contributed by atoms with Crippen LogP contribution in [-0.2, 0) is 28.7 Å². The number of ether oxygens (including phenoxy) is 2. The molecule has 238 valence electrons. The van der Waals surface area contributed by atoms with Crippen molar-refractivity contribution in [2.75, 3.05) is 5.75 Å². The fourth-order valence-electron chi connectivity index (χ4n) is 3.87. The fourth-order valence-corrected chi connectivity index (χ4v) is 5.01. The first-order valence-corrected chi connectivity index (χ1v) is 13.6. The van der Waals surface area contributed by atoms with Gasteiger partial charge in [0.1, 0.15) is 30.1 Å². The second kappa shape index (κ2) is 15.6. The topological polar surface area (TPSA) is 301 Å². The molecule has 0 spiro atoms. The molecule has 1 aliphatic rings. The molecule has 10 N–H and O–H groups in total. The maximum absolute atomic E-state index is 12.8. The third-order valence-electron chi connectivity index (χ3n) is 6.25. The summed E-state index contributed by atoms with van der Waals surface area (Å²) in [4.78, 5) is 70.5. The molecule has 0 bridgehead atoms. The van der Waals surface area contributed by atoms with Crippen LogP contribution in [0.4, 0.5) is 0 Å². The second-order valence-electron chi connectivity index (χ2n) is 9.55. The van der Waals surface area contributed by atoms with E-state index in [1.165, 1.54) is 13.0 Å². The van der Waals surface area contributed by atoms with Crippen LogP contribution in [0.25, 0.3) is 0 Å². The highest BCUT2D eigenvalue weighted by molar-refractivity contribution is 7.99. The number of Topliss-reactive ketones (excluding diaryl/α,β-unsaturated/α-hetero) is 1. The number of aryl methyl sites for hydroxylation is 1. The second-order valence-corrected chi connectivity index (χ2v) is 10.6. The number of nitrogens with two attached hydrogens (primary N) is 1. The summed E-state index contributed by atoms with van der Waals surface area (Å²) in [5.41, 5.74) is 5.37. The van der Waals surface area contributed by atoms with Crippen molar-refractivity contribution in [1.82, 2.24) is 5.32 Å². The van der Waals surface area contributed by atoms with Crippen molar-refractivity contribution in [3.8, 4) is 5.75 Å². The van der Waals surface area contributed by atoms with Gasteiger partial charge in [-0.25, -0.2) is 9.59 Å². The molecule has 7 unspecified atom stereocenters. The van der Waals surface area contributed by atoms with Crippen molar-refractivity contribution in [3.05, 3.63) is 23.3 Å². The highest BCUT2D eigenvalue weighted by Crippen LogP contribution is 2.37. The van der Waals surface area contributed by atoms with Crippen LogP contribution in [0.5, 0.6) is 5.75 Å². The molecule has 7 atom stereocenters. The average molecular weight is 633 g/mol. The van der Waals surface area contributed by atoms with Crippen molar-refractivity contribution in [2.45, 2.75) is 80.3 Å². The van der Waals surface area contributed by atoms with Crippen molar-refractivity contribution < 1.29 is 74.0 Å². The minimum atomic E-state index is -2.01. The molecule has 43 heavy (non-hydrogen) atoms. The summed E-state index contributed by atoms with van der Waals surface area (Å²) in [7, 11) is 0. The number of carboxylic acid groups (broad SMARTS) is 4. The van der Waals surface area contributed by atoms with Crippen molar-refractivity contribution in [3.63, 3.8) is 0 Å². The van der Waals surface area contributed by atoms with Crippen molar-refractivity contribution in [1.29, 1.82) is 0 Å². The van der Waals surface area contributed by atoms with Gasteiger partial charge in [-0.1, -0.05) is 0 Å². The molecule has 1 fully saturated rings. The van der Waals surface area contributed by atoms with Gasteiger partial charge in [0.05, 0.1) is 22.9 Å². The van der Waals surface area contributed by atoms with Crippen LogP contribution >= 0.6 is 11.8 Å². The summed E-state index contributed by atoms with van der Waals surface area (Å²) in [6.45, 7) is 1.46. The number of aromatic carboxylic acids is 1. The maximum atomic E-state index is 12.8. The highest BCUT2D eigenvalue weighted by Gasteiger charge is 2.48. The monoisotopic (exact) mass is 632 g/mol. The molecular weight excluding hydrogens is 600 g/mol. The van der Waals surface area contributed by atoms with Gasteiger partial charge in [-0.05, 0) is 31.0 Å². The number of carbonyl (C=O) groups excluding carboxylic acids is 2. The summed E-state index contributed by atoms with van der Waals surface area (Å²) in [5.74, 6) is -7.64. The number of carbonyl (C=O) groups is 6. The first kappa shape index (κ1) is 35.4. The lowest BCUT2D eigenvalue weighted by atomic mass is 9.99. The Hall–Kier alpha value is -3.81. The predicted octanol–water partition coefficient (Wildman–Crippen LogP) is -1.83. The highest BCUT2D eigenvalue weighted by atomic mass is 32.2. The number of rotatable bonds is 16. The molecule has 17 nitrogen and oxygen atoms in total. The molecule has 1 amide bonds. The SMILES string of the molecule is Cc1cc(C(=O)O)cc(OC2OC(C(=O)O)C(O)C(O)C2O)c1SCC(NC(=O)CCC(N)C(=O)O)C(=O)CCC(=O)O. The number of aliphatic hydroxyl groups is 3. The summed E-state index contributed by atoms with van der Waals surface area (Å²) >= 11 is 0.849. The van der Waals surface area contributed by atoms with Crippen LogP contribution < -0.4 is 15.8 Å². The molecule has 2 rings (SSSR count). The number of hydrogen-bond acceptors (Lipinski definition) is 13. The molecule has 1 aromatic rings. The zero-order valence-electron chi connectivity index (χ0n) is 22.6. The van der Waals surface area contributed by atoms with E-state index in [0.29, 0.717) is 0 Å². The molecule has 0 aromatic heterocycles. The lowest BCUT2D eigenvalue weighted by molar-refractivity contribution is -0.271. The molecule has 1 aromatic carbocycles. The summed E-state index contributed by atoms with van der Waals surface area (Å²) < 4.78 is 10.7.